The Balaban J connectivity index is 1.80. The van der Waals surface area contributed by atoms with Crippen molar-refractivity contribution < 1.29 is 9.53 Å². The van der Waals surface area contributed by atoms with E-state index in [-0.39, 0.29) is 18.1 Å². The standard InChI is InChI=1S/C17H26N2O2/c1-14-6-5-7-15(12-14)21-13-16(20)18-8-10-19(11-9-18)17(2,3)4/h5-7,12H,8-11,13H2,1-4H3. The van der Waals surface area contributed by atoms with Gasteiger partial charge in [0.1, 0.15) is 5.75 Å². The van der Waals surface area contributed by atoms with Crippen LogP contribution in [0.3, 0.4) is 0 Å². The van der Waals surface area contributed by atoms with E-state index in [1.54, 1.807) is 0 Å². The first-order chi connectivity index (χ1) is 9.86. The molecule has 1 aliphatic heterocycles. The minimum atomic E-state index is 0.0741. The van der Waals surface area contributed by atoms with Gasteiger partial charge in [-0.3, -0.25) is 9.69 Å². The molecule has 0 saturated carbocycles. The van der Waals surface area contributed by atoms with E-state index >= 15 is 0 Å². The van der Waals surface area contributed by atoms with Crippen molar-refractivity contribution in [3.63, 3.8) is 0 Å². The van der Waals surface area contributed by atoms with Gasteiger partial charge in [-0.2, -0.15) is 0 Å². The maximum atomic E-state index is 12.2. The average Bonchev–Trinajstić information content (AvgIpc) is 2.44. The van der Waals surface area contributed by atoms with Crippen LogP contribution in [0, 0.1) is 6.92 Å². The molecule has 0 atom stereocenters. The number of hydrogen-bond donors (Lipinski definition) is 0. The summed E-state index contributed by atoms with van der Waals surface area (Å²) in [5.74, 6) is 0.835. The lowest BCUT2D eigenvalue weighted by atomic mass is 10.1. The smallest absolute Gasteiger partial charge is 0.260 e. The van der Waals surface area contributed by atoms with Gasteiger partial charge in [0.25, 0.3) is 5.91 Å². The molecule has 21 heavy (non-hydrogen) atoms. The van der Waals surface area contributed by atoms with Crippen LogP contribution in [0.4, 0.5) is 0 Å². The molecule has 0 spiro atoms. The maximum Gasteiger partial charge on any atom is 0.260 e. The lowest BCUT2D eigenvalue weighted by Crippen LogP contribution is -2.55. The molecule has 0 aromatic heterocycles. The fourth-order valence-electron chi connectivity index (χ4n) is 2.57. The third-order valence-corrected chi connectivity index (χ3v) is 3.93. The average molecular weight is 290 g/mol. The fourth-order valence-corrected chi connectivity index (χ4v) is 2.57. The Morgan fingerprint density at radius 1 is 1.19 bits per heavy atom. The predicted molar refractivity (Wildman–Crippen MR) is 84.6 cm³/mol. The molecule has 1 aromatic rings. The van der Waals surface area contributed by atoms with Crippen LogP contribution in [-0.4, -0.2) is 54.0 Å². The first-order valence-electron chi connectivity index (χ1n) is 7.58. The Morgan fingerprint density at radius 3 is 2.43 bits per heavy atom. The highest BCUT2D eigenvalue weighted by molar-refractivity contribution is 5.77. The summed E-state index contributed by atoms with van der Waals surface area (Å²) in [5, 5.41) is 0. The molecule has 0 aliphatic carbocycles. The summed E-state index contributed by atoms with van der Waals surface area (Å²) in [5.41, 5.74) is 1.31. The SMILES string of the molecule is Cc1cccc(OCC(=O)N2CCN(C(C)(C)C)CC2)c1. The zero-order chi connectivity index (χ0) is 15.5. The molecule has 4 nitrogen and oxygen atoms in total. The molecule has 1 fully saturated rings. The second-order valence-electron chi connectivity index (χ2n) is 6.64. The summed E-state index contributed by atoms with van der Waals surface area (Å²) in [6, 6.07) is 7.79. The molecular weight excluding hydrogens is 264 g/mol. The molecule has 0 radical (unpaired) electrons. The van der Waals surface area contributed by atoms with Gasteiger partial charge in [0, 0.05) is 31.7 Å². The van der Waals surface area contributed by atoms with E-state index in [0.29, 0.717) is 0 Å². The van der Waals surface area contributed by atoms with Gasteiger partial charge in [0.2, 0.25) is 0 Å². The maximum absolute atomic E-state index is 12.2. The zero-order valence-corrected chi connectivity index (χ0v) is 13.6. The quantitative estimate of drug-likeness (QED) is 0.856. The largest absolute Gasteiger partial charge is 0.484 e. The van der Waals surface area contributed by atoms with E-state index in [9.17, 15) is 4.79 Å². The highest BCUT2D eigenvalue weighted by Crippen LogP contribution is 2.16. The molecule has 1 aromatic carbocycles. The van der Waals surface area contributed by atoms with Crippen LogP contribution < -0.4 is 4.74 Å². The van der Waals surface area contributed by atoms with E-state index in [1.807, 2.05) is 36.1 Å². The van der Waals surface area contributed by atoms with Crippen LogP contribution in [0.15, 0.2) is 24.3 Å². The third kappa shape index (κ3) is 4.46. The molecular formula is C17H26N2O2. The normalized spacial score (nSPS) is 16.9. The molecule has 0 bridgehead atoms. The number of nitrogens with zero attached hydrogens (tertiary/aromatic N) is 2. The van der Waals surface area contributed by atoms with E-state index in [4.69, 9.17) is 4.74 Å². The number of rotatable bonds is 3. The Labute approximate surface area is 127 Å². The third-order valence-electron chi connectivity index (χ3n) is 3.93. The van der Waals surface area contributed by atoms with Gasteiger partial charge in [-0.05, 0) is 45.4 Å². The topological polar surface area (TPSA) is 32.8 Å². The lowest BCUT2D eigenvalue weighted by Gasteiger charge is -2.42. The van der Waals surface area contributed by atoms with Crippen molar-refractivity contribution in [2.24, 2.45) is 0 Å². The first-order valence-corrected chi connectivity index (χ1v) is 7.58. The molecule has 0 N–H and O–H groups in total. The number of aryl methyl sites for hydroxylation is 1. The van der Waals surface area contributed by atoms with Crippen molar-refractivity contribution in [1.82, 2.24) is 9.80 Å². The Hall–Kier alpha value is -1.55. The second-order valence-corrected chi connectivity index (χ2v) is 6.64. The van der Waals surface area contributed by atoms with Crippen molar-refractivity contribution in [3.05, 3.63) is 29.8 Å². The van der Waals surface area contributed by atoms with Crippen molar-refractivity contribution >= 4 is 5.91 Å². The Morgan fingerprint density at radius 2 is 1.86 bits per heavy atom. The van der Waals surface area contributed by atoms with Crippen LogP contribution in [0.5, 0.6) is 5.75 Å². The number of carbonyl (C=O) groups is 1. The summed E-state index contributed by atoms with van der Waals surface area (Å²) in [6.45, 7) is 12.2. The van der Waals surface area contributed by atoms with Crippen LogP contribution in [0.25, 0.3) is 0 Å². The van der Waals surface area contributed by atoms with Gasteiger partial charge < -0.3 is 9.64 Å². The first kappa shape index (κ1) is 15.8. The van der Waals surface area contributed by atoms with Crippen molar-refractivity contribution in [2.75, 3.05) is 32.8 Å². The lowest BCUT2D eigenvalue weighted by molar-refractivity contribution is -0.135. The molecule has 4 heteroatoms. The van der Waals surface area contributed by atoms with Crippen LogP contribution in [-0.2, 0) is 4.79 Å². The van der Waals surface area contributed by atoms with Crippen LogP contribution in [0.1, 0.15) is 26.3 Å². The summed E-state index contributed by atoms with van der Waals surface area (Å²) in [7, 11) is 0. The number of hydrogen-bond acceptors (Lipinski definition) is 3. The molecule has 1 saturated heterocycles. The summed E-state index contributed by atoms with van der Waals surface area (Å²) in [6.07, 6.45) is 0. The molecule has 1 aliphatic rings. The van der Waals surface area contributed by atoms with E-state index in [1.165, 1.54) is 0 Å². The number of carbonyl (C=O) groups excluding carboxylic acids is 1. The van der Waals surface area contributed by atoms with Gasteiger partial charge in [-0.15, -0.1) is 0 Å². The van der Waals surface area contributed by atoms with E-state index in [0.717, 1.165) is 37.5 Å². The number of ether oxygens (including phenoxy) is 1. The second kappa shape index (κ2) is 6.48. The highest BCUT2D eigenvalue weighted by Gasteiger charge is 2.27. The summed E-state index contributed by atoms with van der Waals surface area (Å²) >= 11 is 0. The minimum absolute atomic E-state index is 0.0741. The Bertz CT molecular complexity index is 486. The number of piperazine rings is 1. The molecule has 0 unspecified atom stereocenters. The molecule has 1 heterocycles. The van der Waals surface area contributed by atoms with Crippen molar-refractivity contribution in [3.8, 4) is 5.75 Å². The van der Waals surface area contributed by atoms with Crippen molar-refractivity contribution in [2.45, 2.75) is 33.2 Å². The Kier molecular flexibility index (Phi) is 4.88. The minimum Gasteiger partial charge on any atom is -0.484 e. The number of amides is 1. The van der Waals surface area contributed by atoms with E-state index < -0.39 is 0 Å². The van der Waals surface area contributed by atoms with E-state index in [2.05, 4.69) is 25.7 Å². The number of benzene rings is 1. The van der Waals surface area contributed by atoms with Gasteiger partial charge in [0.15, 0.2) is 6.61 Å². The van der Waals surface area contributed by atoms with Gasteiger partial charge in [-0.1, -0.05) is 12.1 Å². The monoisotopic (exact) mass is 290 g/mol. The molecule has 1 amide bonds. The summed E-state index contributed by atoms with van der Waals surface area (Å²) < 4.78 is 5.59. The van der Waals surface area contributed by atoms with Crippen LogP contribution >= 0.6 is 0 Å². The van der Waals surface area contributed by atoms with Gasteiger partial charge in [-0.25, -0.2) is 0 Å². The van der Waals surface area contributed by atoms with Crippen LogP contribution in [0.2, 0.25) is 0 Å². The fraction of sp³-hybridized carbons (Fsp3) is 0.588. The van der Waals surface area contributed by atoms with Gasteiger partial charge in [0.05, 0.1) is 0 Å². The zero-order valence-electron chi connectivity index (χ0n) is 13.6. The van der Waals surface area contributed by atoms with Crippen molar-refractivity contribution in [1.29, 1.82) is 0 Å². The van der Waals surface area contributed by atoms with Gasteiger partial charge >= 0.3 is 0 Å². The molecule has 116 valence electrons. The molecule has 2 rings (SSSR count). The highest BCUT2D eigenvalue weighted by atomic mass is 16.5. The predicted octanol–water partition coefficient (Wildman–Crippen LogP) is 2.32. The summed E-state index contributed by atoms with van der Waals surface area (Å²) in [4.78, 5) is 16.5.